The van der Waals surface area contributed by atoms with Gasteiger partial charge in [-0.3, -0.25) is 4.79 Å². The van der Waals surface area contributed by atoms with Crippen LogP contribution in [0.4, 0.5) is 4.39 Å². The van der Waals surface area contributed by atoms with Gasteiger partial charge in [-0.05, 0) is 37.3 Å². The smallest absolute Gasteiger partial charge is 0.276 e. The molecule has 0 unspecified atom stereocenters. The summed E-state index contributed by atoms with van der Waals surface area (Å²) in [5.74, 6) is -0.677. The molecule has 25 heavy (non-hydrogen) atoms. The van der Waals surface area contributed by atoms with Crippen molar-refractivity contribution < 1.29 is 9.18 Å². The Hall–Kier alpha value is -2.54. The number of rotatable bonds is 4. The van der Waals surface area contributed by atoms with Gasteiger partial charge in [0.1, 0.15) is 5.82 Å². The molecular weight excluding hydrogens is 387 g/mol. The first-order valence-electron chi connectivity index (χ1n) is 7.63. The molecule has 0 saturated carbocycles. The summed E-state index contributed by atoms with van der Waals surface area (Å²) in [6.07, 6.45) is 1.57. The summed E-state index contributed by atoms with van der Waals surface area (Å²) in [6.45, 7) is 2.14. The summed E-state index contributed by atoms with van der Waals surface area (Å²) in [6, 6.07) is 12.4. The Morgan fingerprint density at radius 1 is 1.24 bits per heavy atom. The largest absolute Gasteiger partial charge is 0.336 e. The number of hydrogen-bond donors (Lipinski definition) is 0. The monoisotopic (exact) mass is 402 g/mol. The molecule has 2 aromatic carbocycles. The predicted octanol–water partition coefficient (Wildman–Crippen LogP) is 3.75. The van der Waals surface area contributed by atoms with Crippen molar-refractivity contribution in [2.75, 3.05) is 7.05 Å². The van der Waals surface area contributed by atoms with E-state index in [9.17, 15) is 9.18 Å². The fourth-order valence-corrected chi connectivity index (χ4v) is 2.78. The lowest BCUT2D eigenvalue weighted by Gasteiger charge is -2.16. The fourth-order valence-electron chi connectivity index (χ4n) is 2.37. The molecule has 0 N–H and O–H groups in total. The molecule has 1 aromatic heterocycles. The van der Waals surface area contributed by atoms with E-state index >= 15 is 0 Å². The minimum atomic E-state index is -0.355. The molecule has 0 saturated heterocycles. The Bertz CT molecular complexity index is 908. The summed E-state index contributed by atoms with van der Waals surface area (Å²) in [5.41, 5.74) is 2.59. The Balaban J connectivity index is 1.76. The van der Waals surface area contributed by atoms with Crippen molar-refractivity contribution in [1.82, 2.24) is 19.9 Å². The van der Waals surface area contributed by atoms with Gasteiger partial charge < -0.3 is 4.90 Å². The van der Waals surface area contributed by atoms with E-state index in [0.29, 0.717) is 5.56 Å². The maximum Gasteiger partial charge on any atom is 0.276 e. The van der Waals surface area contributed by atoms with Gasteiger partial charge >= 0.3 is 0 Å². The fraction of sp³-hybridized carbons (Fsp3) is 0.167. The number of halogens is 2. The van der Waals surface area contributed by atoms with Crippen LogP contribution < -0.4 is 0 Å². The first-order valence-corrected chi connectivity index (χ1v) is 8.42. The molecule has 3 rings (SSSR count). The van der Waals surface area contributed by atoms with Crippen LogP contribution in [0.2, 0.25) is 0 Å². The molecule has 0 fully saturated rings. The minimum absolute atomic E-state index is 0.140. The number of hydrogen-bond acceptors (Lipinski definition) is 3. The molecule has 0 radical (unpaired) electrons. The summed E-state index contributed by atoms with van der Waals surface area (Å²) in [4.78, 5) is 13.9. The highest BCUT2D eigenvalue weighted by Crippen LogP contribution is 2.17. The summed E-state index contributed by atoms with van der Waals surface area (Å²) in [7, 11) is 1.60. The minimum Gasteiger partial charge on any atom is -0.336 e. The summed E-state index contributed by atoms with van der Waals surface area (Å²) in [5, 5.41) is 7.93. The Labute approximate surface area is 153 Å². The highest BCUT2D eigenvalue weighted by atomic mass is 79.9. The van der Waals surface area contributed by atoms with Gasteiger partial charge in [0, 0.05) is 23.6 Å². The molecule has 128 valence electrons. The quantitative estimate of drug-likeness (QED) is 0.667. The molecule has 1 amide bonds. The summed E-state index contributed by atoms with van der Waals surface area (Å²) >= 11 is 3.31. The van der Waals surface area contributed by atoms with Crippen molar-refractivity contribution in [1.29, 1.82) is 0 Å². The van der Waals surface area contributed by atoms with Crippen LogP contribution >= 0.6 is 15.9 Å². The number of amides is 1. The van der Waals surface area contributed by atoms with E-state index in [2.05, 4.69) is 26.2 Å². The number of nitrogens with zero attached hydrogens (tertiary/aromatic N) is 4. The maximum absolute atomic E-state index is 13.9. The van der Waals surface area contributed by atoms with Gasteiger partial charge in [0.15, 0.2) is 5.69 Å². The van der Waals surface area contributed by atoms with Gasteiger partial charge in [-0.25, -0.2) is 9.07 Å². The maximum atomic E-state index is 13.9. The van der Waals surface area contributed by atoms with Crippen LogP contribution in [-0.4, -0.2) is 32.8 Å². The topological polar surface area (TPSA) is 51.0 Å². The molecule has 0 aliphatic rings. The molecule has 0 aliphatic heterocycles. The van der Waals surface area contributed by atoms with E-state index in [4.69, 9.17) is 0 Å². The molecule has 0 aliphatic carbocycles. The first-order chi connectivity index (χ1) is 11.9. The van der Waals surface area contributed by atoms with Crippen molar-refractivity contribution in [2.45, 2.75) is 13.5 Å². The van der Waals surface area contributed by atoms with Crippen LogP contribution in [0.25, 0.3) is 5.69 Å². The third-order valence-corrected chi connectivity index (χ3v) is 4.27. The zero-order valence-corrected chi connectivity index (χ0v) is 15.4. The van der Waals surface area contributed by atoms with Crippen molar-refractivity contribution in [3.8, 4) is 5.69 Å². The van der Waals surface area contributed by atoms with Crippen LogP contribution in [0.15, 0.2) is 53.1 Å². The molecule has 0 bridgehead atoms. The lowest BCUT2D eigenvalue weighted by atomic mass is 10.2. The lowest BCUT2D eigenvalue weighted by Crippen LogP contribution is -2.27. The van der Waals surface area contributed by atoms with Gasteiger partial charge in [-0.15, -0.1) is 5.10 Å². The average molecular weight is 403 g/mol. The second kappa shape index (κ2) is 7.14. The highest BCUT2D eigenvalue weighted by Gasteiger charge is 2.18. The van der Waals surface area contributed by atoms with Crippen LogP contribution in [0.3, 0.4) is 0 Å². The standard InChI is InChI=1S/C18H16BrFN4O/c1-12-3-6-15(7-4-12)24-11-17(21-22-24)18(25)23(2)10-13-9-14(19)5-8-16(13)20/h3-9,11H,10H2,1-2H3. The van der Waals surface area contributed by atoms with Gasteiger partial charge in [-0.2, -0.15) is 0 Å². The Kier molecular flexibility index (Phi) is 4.94. The van der Waals surface area contributed by atoms with E-state index in [1.807, 2.05) is 31.2 Å². The van der Waals surface area contributed by atoms with Crippen LogP contribution in [0.1, 0.15) is 21.6 Å². The Morgan fingerprint density at radius 2 is 1.96 bits per heavy atom. The zero-order valence-electron chi connectivity index (χ0n) is 13.8. The molecule has 0 atom stereocenters. The van der Waals surface area contributed by atoms with Crippen LogP contribution in [-0.2, 0) is 6.54 Å². The van der Waals surface area contributed by atoms with Gasteiger partial charge in [0.25, 0.3) is 5.91 Å². The van der Waals surface area contributed by atoms with Gasteiger partial charge in [-0.1, -0.05) is 38.8 Å². The average Bonchev–Trinajstić information content (AvgIpc) is 3.08. The second-order valence-corrected chi connectivity index (χ2v) is 6.70. The number of benzene rings is 2. The summed E-state index contributed by atoms with van der Waals surface area (Å²) < 4.78 is 16.2. The molecule has 3 aromatic rings. The van der Waals surface area contributed by atoms with Gasteiger partial charge in [0.2, 0.25) is 0 Å². The Morgan fingerprint density at radius 3 is 2.68 bits per heavy atom. The van der Waals surface area contributed by atoms with Crippen LogP contribution in [0, 0.1) is 12.7 Å². The second-order valence-electron chi connectivity index (χ2n) is 5.78. The molecule has 1 heterocycles. The number of carbonyl (C=O) groups excluding carboxylic acids is 1. The van der Waals surface area contributed by atoms with Gasteiger partial charge in [0.05, 0.1) is 11.9 Å². The number of aromatic nitrogens is 3. The van der Waals surface area contributed by atoms with E-state index in [0.717, 1.165) is 15.7 Å². The molecule has 5 nitrogen and oxygen atoms in total. The SMILES string of the molecule is Cc1ccc(-n2cc(C(=O)N(C)Cc3cc(Br)ccc3F)nn2)cc1. The number of aryl methyl sites for hydroxylation is 1. The van der Waals surface area contributed by atoms with E-state index in [1.54, 1.807) is 30.1 Å². The number of carbonyl (C=O) groups is 1. The predicted molar refractivity (Wildman–Crippen MR) is 96.0 cm³/mol. The van der Waals surface area contributed by atoms with E-state index < -0.39 is 0 Å². The third kappa shape index (κ3) is 3.93. The molecule has 0 spiro atoms. The third-order valence-electron chi connectivity index (χ3n) is 3.77. The van der Waals surface area contributed by atoms with Crippen molar-refractivity contribution in [3.05, 3.63) is 75.8 Å². The van der Waals surface area contributed by atoms with Crippen molar-refractivity contribution in [3.63, 3.8) is 0 Å². The van der Waals surface area contributed by atoms with E-state index in [-0.39, 0.29) is 24.0 Å². The van der Waals surface area contributed by atoms with Crippen LogP contribution in [0.5, 0.6) is 0 Å². The van der Waals surface area contributed by atoms with Crippen molar-refractivity contribution >= 4 is 21.8 Å². The van der Waals surface area contributed by atoms with E-state index in [1.165, 1.54) is 11.0 Å². The molecule has 7 heteroatoms. The first kappa shape index (κ1) is 17.3. The zero-order chi connectivity index (χ0) is 18.0. The highest BCUT2D eigenvalue weighted by molar-refractivity contribution is 9.10. The normalized spacial score (nSPS) is 10.7. The lowest BCUT2D eigenvalue weighted by molar-refractivity contribution is 0.0778. The molecular formula is C18H16BrFN4O. The van der Waals surface area contributed by atoms with Crippen molar-refractivity contribution in [2.24, 2.45) is 0 Å².